The van der Waals surface area contributed by atoms with Gasteiger partial charge in [-0.2, -0.15) is 0 Å². The van der Waals surface area contributed by atoms with Gasteiger partial charge in [-0.25, -0.2) is 0 Å². The summed E-state index contributed by atoms with van der Waals surface area (Å²) in [6.45, 7) is 2.55. The number of ether oxygens (including phenoxy) is 1. The van der Waals surface area contributed by atoms with Gasteiger partial charge in [-0.1, -0.05) is 36.4 Å². The van der Waals surface area contributed by atoms with Crippen molar-refractivity contribution in [3.05, 3.63) is 89.0 Å². The van der Waals surface area contributed by atoms with Gasteiger partial charge in [-0.15, -0.1) is 0 Å². The topological polar surface area (TPSA) is 70.9 Å². The lowest BCUT2D eigenvalue weighted by molar-refractivity contribution is 0.0916. The van der Waals surface area contributed by atoms with Crippen LogP contribution in [0.5, 0.6) is 5.75 Å². The van der Waals surface area contributed by atoms with Crippen LogP contribution in [0.3, 0.4) is 0 Å². The second-order valence-electron chi connectivity index (χ2n) is 7.34. The van der Waals surface area contributed by atoms with Gasteiger partial charge in [-0.05, 0) is 59.5 Å². The van der Waals surface area contributed by atoms with E-state index in [1.165, 1.54) is 11.1 Å². The maximum Gasteiger partial charge on any atom is 0.251 e. The Bertz CT molecular complexity index is 1120. The van der Waals surface area contributed by atoms with Gasteiger partial charge in [0.2, 0.25) is 0 Å². The quantitative estimate of drug-likeness (QED) is 0.653. The zero-order valence-electron chi connectivity index (χ0n) is 17.1. The van der Waals surface area contributed by atoms with E-state index in [1.807, 2.05) is 49.4 Å². The molecule has 0 radical (unpaired) electrons. The van der Waals surface area contributed by atoms with Gasteiger partial charge >= 0.3 is 0 Å². The first-order valence-corrected chi connectivity index (χ1v) is 9.89. The summed E-state index contributed by atoms with van der Waals surface area (Å²) in [4.78, 5) is 17.4. The van der Waals surface area contributed by atoms with Gasteiger partial charge in [0.05, 0.1) is 26.3 Å². The van der Waals surface area contributed by atoms with E-state index in [4.69, 9.17) is 4.74 Å². The van der Waals surface area contributed by atoms with Gasteiger partial charge in [0.15, 0.2) is 0 Å². The van der Waals surface area contributed by atoms with Gasteiger partial charge in [0, 0.05) is 16.8 Å². The predicted molar refractivity (Wildman–Crippen MR) is 118 cm³/mol. The highest BCUT2D eigenvalue weighted by atomic mass is 16.5. The largest absolute Gasteiger partial charge is 0.497 e. The minimum absolute atomic E-state index is 0.206. The monoisotopic (exact) mass is 400 g/mol. The summed E-state index contributed by atoms with van der Waals surface area (Å²) in [5.41, 5.74) is 6.78. The van der Waals surface area contributed by atoms with E-state index < -0.39 is 6.04 Å². The fourth-order valence-corrected chi connectivity index (χ4v) is 3.69. The molecular weight excluding hydrogens is 376 g/mol. The minimum atomic E-state index is -0.518. The fourth-order valence-electron chi connectivity index (χ4n) is 3.69. The van der Waals surface area contributed by atoms with Crippen molar-refractivity contribution in [3.8, 4) is 16.9 Å². The maximum absolute atomic E-state index is 12.9. The van der Waals surface area contributed by atoms with Crippen LogP contribution in [0.15, 0.2) is 71.7 Å². The second-order valence-corrected chi connectivity index (χ2v) is 7.34. The summed E-state index contributed by atoms with van der Waals surface area (Å²) in [7, 11) is 1.59. The smallest absolute Gasteiger partial charge is 0.251 e. The number of carbonyl (C=O) groups is 1. The van der Waals surface area contributed by atoms with Gasteiger partial charge in [0.25, 0.3) is 5.91 Å². The Morgan fingerprint density at radius 3 is 2.70 bits per heavy atom. The number of hydrogen-bond acceptors (Lipinski definition) is 4. The summed E-state index contributed by atoms with van der Waals surface area (Å²) < 4.78 is 5.24. The lowest BCUT2D eigenvalue weighted by Gasteiger charge is -2.18. The third-order valence-electron chi connectivity index (χ3n) is 5.43. The number of aliphatic hydroxyl groups excluding tert-OH is 1. The van der Waals surface area contributed by atoms with Gasteiger partial charge < -0.3 is 15.2 Å². The molecule has 1 heterocycles. The summed E-state index contributed by atoms with van der Waals surface area (Å²) >= 11 is 0. The molecule has 1 amide bonds. The average molecular weight is 400 g/mol. The van der Waals surface area contributed by atoms with E-state index in [9.17, 15) is 9.90 Å². The van der Waals surface area contributed by atoms with E-state index in [-0.39, 0.29) is 12.5 Å². The van der Waals surface area contributed by atoms with E-state index >= 15 is 0 Å². The Morgan fingerprint density at radius 2 is 1.90 bits per heavy atom. The summed E-state index contributed by atoms with van der Waals surface area (Å²) in [5.74, 6) is 0.440. The molecule has 5 nitrogen and oxygen atoms in total. The van der Waals surface area contributed by atoms with E-state index in [0.717, 1.165) is 28.9 Å². The third-order valence-corrected chi connectivity index (χ3v) is 5.43. The Balaban J connectivity index is 1.57. The molecule has 1 unspecified atom stereocenters. The number of benzene rings is 3. The van der Waals surface area contributed by atoms with Crippen LogP contribution < -0.4 is 10.1 Å². The molecule has 2 N–H and O–H groups in total. The van der Waals surface area contributed by atoms with Crippen molar-refractivity contribution in [1.82, 2.24) is 5.32 Å². The third kappa shape index (κ3) is 3.98. The molecule has 1 aliphatic rings. The molecule has 5 heteroatoms. The van der Waals surface area contributed by atoms with Crippen LogP contribution in [0.1, 0.15) is 40.0 Å². The number of aliphatic imine (C=N–C) groups is 1. The van der Waals surface area contributed by atoms with Crippen LogP contribution in [-0.4, -0.2) is 30.4 Å². The van der Waals surface area contributed by atoms with Gasteiger partial charge in [0.1, 0.15) is 5.75 Å². The van der Waals surface area contributed by atoms with Crippen LogP contribution in [0.4, 0.5) is 0 Å². The highest BCUT2D eigenvalue weighted by molar-refractivity contribution is 6.03. The number of rotatable bonds is 6. The van der Waals surface area contributed by atoms with Crippen LogP contribution in [0, 0.1) is 0 Å². The molecule has 30 heavy (non-hydrogen) atoms. The summed E-state index contributed by atoms with van der Waals surface area (Å²) in [6, 6.07) is 20.6. The van der Waals surface area contributed by atoms with Crippen molar-refractivity contribution < 1.29 is 14.6 Å². The highest BCUT2D eigenvalue weighted by Gasteiger charge is 2.17. The van der Waals surface area contributed by atoms with Crippen molar-refractivity contribution >= 4 is 11.6 Å². The first-order valence-electron chi connectivity index (χ1n) is 9.89. The highest BCUT2D eigenvalue weighted by Crippen LogP contribution is 2.27. The second kappa shape index (κ2) is 8.51. The standard InChI is InChI=1S/C25H24N2O3/c1-16-23-13-18(9-10-21(23)14-26-16)17-5-3-7-20(11-17)25(29)27-24(15-28)19-6-4-8-22(12-19)30-2/h3-13,24,28H,14-15H2,1-2H3,(H,27,29). The Kier molecular flexibility index (Phi) is 5.63. The SMILES string of the molecule is COc1cccc(C(CO)NC(=O)c2cccc(-c3ccc4c(c3)C(C)=NC4)c2)c1. The normalized spacial score (nSPS) is 13.4. The molecule has 0 fully saturated rings. The zero-order valence-corrected chi connectivity index (χ0v) is 17.1. The number of nitrogens with zero attached hydrogens (tertiary/aromatic N) is 1. The number of amides is 1. The maximum atomic E-state index is 12.9. The molecule has 0 saturated heterocycles. The van der Waals surface area contributed by atoms with Crippen molar-refractivity contribution in [2.24, 2.45) is 4.99 Å². The molecular formula is C25H24N2O3. The minimum Gasteiger partial charge on any atom is -0.497 e. The lowest BCUT2D eigenvalue weighted by Crippen LogP contribution is -2.30. The molecule has 4 rings (SSSR count). The number of hydrogen-bond donors (Lipinski definition) is 2. The number of carbonyl (C=O) groups excluding carboxylic acids is 1. The fraction of sp³-hybridized carbons (Fsp3) is 0.200. The first-order chi connectivity index (χ1) is 14.6. The molecule has 3 aromatic carbocycles. The number of methoxy groups -OCH3 is 1. The molecule has 152 valence electrons. The Labute approximate surface area is 176 Å². The molecule has 1 aliphatic heterocycles. The van der Waals surface area contributed by atoms with Crippen molar-refractivity contribution in [3.63, 3.8) is 0 Å². The van der Waals surface area contributed by atoms with E-state index in [1.54, 1.807) is 13.2 Å². The molecule has 1 atom stereocenters. The molecule has 0 bridgehead atoms. The van der Waals surface area contributed by atoms with Crippen molar-refractivity contribution in [2.45, 2.75) is 19.5 Å². The molecule has 0 spiro atoms. The lowest BCUT2D eigenvalue weighted by atomic mass is 9.97. The summed E-state index contributed by atoms with van der Waals surface area (Å²) in [6.07, 6.45) is 0. The average Bonchev–Trinajstić information content (AvgIpc) is 3.17. The number of nitrogens with one attached hydrogen (secondary N) is 1. The van der Waals surface area contributed by atoms with Crippen LogP contribution in [0.2, 0.25) is 0 Å². The Morgan fingerprint density at radius 1 is 1.10 bits per heavy atom. The summed E-state index contributed by atoms with van der Waals surface area (Å²) in [5, 5.41) is 12.7. The molecule has 0 aromatic heterocycles. The predicted octanol–water partition coefficient (Wildman–Crippen LogP) is 4.15. The molecule has 3 aromatic rings. The van der Waals surface area contributed by atoms with Crippen molar-refractivity contribution in [1.29, 1.82) is 0 Å². The number of fused-ring (bicyclic) bond motifs is 1. The number of aliphatic hydroxyl groups is 1. The van der Waals surface area contributed by atoms with E-state index in [0.29, 0.717) is 11.3 Å². The molecule has 0 aliphatic carbocycles. The van der Waals surface area contributed by atoms with Crippen molar-refractivity contribution in [2.75, 3.05) is 13.7 Å². The van der Waals surface area contributed by atoms with Gasteiger partial charge in [-0.3, -0.25) is 9.79 Å². The first kappa shape index (κ1) is 19.9. The van der Waals surface area contributed by atoms with Crippen LogP contribution in [-0.2, 0) is 6.54 Å². The Hall–Kier alpha value is -3.44. The molecule has 0 saturated carbocycles. The van der Waals surface area contributed by atoms with Crippen LogP contribution >= 0.6 is 0 Å². The van der Waals surface area contributed by atoms with E-state index in [2.05, 4.69) is 28.5 Å². The van der Waals surface area contributed by atoms with Crippen LogP contribution in [0.25, 0.3) is 11.1 Å². The zero-order chi connectivity index (χ0) is 21.1.